The number of rotatable bonds is 10. The second-order valence-electron chi connectivity index (χ2n) is 10.3. The fraction of sp³-hybridized carbons (Fsp3) is 0.467. The van der Waals surface area contributed by atoms with Crippen LogP contribution in [0.3, 0.4) is 0 Å². The third-order valence-electron chi connectivity index (χ3n) is 7.65. The third kappa shape index (κ3) is 7.29. The van der Waals surface area contributed by atoms with Crippen molar-refractivity contribution in [3.8, 4) is 0 Å². The average molecular weight is 522 g/mol. The van der Waals surface area contributed by atoms with Crippen LogP contribution in [-0.2, 0) is 4.79 Å². The SMILES string of the molecule is O=C(/C=C/c1cccc([C@@H]2N[C@H](CO)[C@@H](O)[C@H]2O)c1)NCCCCC1CCN(C(=O)c2ccccc2)CC1. The van der Waals surface area contributed by atoms with Crippen LogP contribution in [-0.4, -0.2) is 76.5 Å². The summed E-state index contributed by atoms with van der Waals surface area (Å²) in [6.07, 6.45) is 6.30. The van der Waals surface area contributed by atoms with Gasteiger partial charge in [0.2, 0.25) is 5.91 Å². The lowest BCUT2D eigenvalue weighted by molar-refractivity contribution is -0.116. The summed E-state index contributed by atoms with van der Waals surface area (Å²) in [7, 11) is 0. The van der Waals surface area contributed by atoms with Crippen molar-refractivity contribution < 1.29 is 24.9 Å². The highest BCUT2D eigenvalue weighted by Gasteiger charge is 2.41. The second kappa shape index (κ2) is 13.7. The topological polar surface area (TPSA) is 122 Å². The van der Waals surface area contributed by atoms with Gasteiger partial charge in [0.25, 0.3) is 5.91 Å². The molecule has 0 radical (unpaired) electrons. The summed E-state index contributed by atoms with van der Waals surface area (Å²) in [4.78, 5) is 26.8. The Balaban J connectivity index is 1.13. The minimum absolute atomic E-state index is 0.119. The number of carbonyl (C=O) groups is 2. The number of hydrogen-bond donors (Lipinski definition) is 5. The molecule has 8 nitrogen and oxygen atoms in total. The summed E-state index contributed by atoms with van der Waals surface area (Å²) >= 11 is 0. The summed E-state index contributed by atoms with van der Waals surface area (Å²) in [6.45, 7) is 1.97. The van der Waals surface area contributed by atoms with Gasteiger partial charge < -0.3 is 30.9 Å². The fourth-order valence-electron chi connectivity index (χ4n) is 5.36. The summed E-state index contributed by atoms with van der Waals surface area (Å²) < 4.78 is 0. The average Bonchev–Trinajstić information content (AvgIpc) is 3.25. The van der Waals surface area contributed by atoms with E-state index in [1.54, 1.807) is 6.08 Å². The molecule has 0 aliphatic carbocycles. The van der Waals surface area contributed by atoms with Crippen LogP contribution in [0.1, 0.15) is 59.6 Å². The van der Waals surface area contributed by atoms with Crippen LogP contribution in [0.4, 0.5) is 0 Å². The molecule has 2 fully saturated rings. The lowest BCUT2D eigenvalue weighted by Crippen LogP contribution is -2.38. The standard InChI is InChI=1S/C30H39N3O5/c34-20-25-28(36)29(37)27(32-25)24-11-6-8-22(19-24)12-13-26(35)31-16-5-4-7-21-14-17-33(18-15-21)30(38)23-9-2-1-3-10-23/h1-3,6,8-13,19,21,25,27-29,32,34,36-37H,4-5,7,14-18,20H2,(H,31,35)/b13-12+/t25-,27+,28-,29+/m1/s1. The molecule has 204 valence electrons. The quantitative estimate of drug-likeness (QED) is 0.242. The summed E-state index contributed by atoms with van der Waals surface area (Å²) in [6, 6.07) is 15.8. The monoisotopic (exact) mass is 521 g/mol. The Morgan fingerprint density at radius 2 is 1.76 bits per heavy atom. The maximum Gasteiger partial charge on any atom is 0.253 e. The van der Waals surface area contributed by atoms with Gasteiger partial charge in [-0.25, -0.2) is 0 Å². The third-order valence-corrected chi connectivity index (χ3v) is 7.65. The van der Waals surface area contributed by atoms with Crippen LogP contribution < -0.4 is 10.6 Å². The number of amides is 2. The Labute approximate surface area is 224 Å². The lowest BCUT2D eigenvalue weighted by atomic mass is 9.91. The first-order valence-electron chi connectivity index (χ1n) is 13.6. The molecule has 0 saturated carbocycles. The summed E-state index contributed by atoms with van der Waals surface area (Å²) in [5, 5.41) is 35.7. The number of hydrogen-bond acceptors (Lipinski definition) is 6. The summed E-state index contributed by atoms with van der Waals surface area (Å²) in [5.74, 6) is 0.589. The van der Waals surface area contributed by atoms with Gasteiger partial charge in [0.05, 0.1) is 24.8 Å². The Morgan fingerprint density at radius 1 is 1.00 bits per heavy atom. The number of likely N-dealkylation sites (tertiary alicyclic amines) is 1. The van der Waals surface area contributed by atoms with E-state index in [9.17, 15) is 24.9 Å². The van der Waals surface area contributed by atoms with Crippen LogP contribution in [0.15, 0.2) is 60.7 Å². The van der Waals surface area contributed by atoms with Gasteiger partial charge in [-0.2, -0.15) is 0 Å². The van der Waals surface area contributed by atoms with Gasteiger partial charge in [-0.05, 0) is 54.5 Å². The Bertz CT molecular complexity index is 1080. The Morgan fingerprint density at radius 3 is 2.47 bits per heavy atom. The van der Waals surface area contributed by atoms with Crippen LogP contribution in [0.25, 0.3) is 6.08 Å². The molecule has 4 atom stereocenters. The number of aliphatic hydroxyl groups excluding tert-OH is 3. The van der Waals surface area contributed by atoms with E-state index in [1.165, 1.54) is 6.08 Å². The van der Waals surface area contributed by atoms with Crippen molar-refractivity contribution in [2.24, 2.45) is 5.92 Å². The van der Waals surface area contributed by atoms with Crippen molar-refractivity contribution in [2.75, 3.05) is 26.2 Å². The largest absolute Gasteiger partial charge is 0.395 e. The van der Waals surface area contributed by atoms with E-state index in [2.05, 4.69) is 10.6 Å². The minimum Gasteiger partial charge on any atom is -0.395 e. The van der Waals surface area contributed by atoms with Crippen molar-refractivity contribution in [1.82, 2.24) is 15.5 Å². The van der Waals surface area contributed by atoms with Crippen molar-refractivity contribution in [3.63, 3.8) is 0 Å². The van der Waals surface area contributed by atoms with Gasteiger partial charge in [0.15, 0.2) is 0 Å². The van der Waals surface area contributed by atoms with Gasteiger partial charge in [0.1, 0.15) is 6.10 Å². The van der Waals surface area contributed by atoms with E-state index in [4.69, 9.17) is 0 Å². The number of carbonyl (C=O) groups excluding carboxylic acids is 2. The fourth-order valence-corrected chi connectivity index (χ4v) is 5.36. The predicted octanol–water partition coefficient (Wildman–Crippen LogP) is 2.27. The Hall–Kier alpha value is -3.04. The predicted molar refractivity (Wildman–Crippen MR) is 146 cm³/mol. The number of nitrogens with zero attached hydrogens (tertiary/aromatic N) is 1. The molecule has 0 unspecified atom stereocenters. The van der Waals surface area contributed by atoms with Crippen molar-refractivity contribution in [2.45, 2.75) is 56.4 Å². The molecule has 2 aliphatic rings. The molecule has 0 aromatic heterocycles. The second-order valence-corrected chi connectivity index (χ2v) is 10.3. The number of aliphatic hydroxyl groups is 3. The van der Waals surface area contributed by atoms with Crippen LogP contribution in [0.2, 0.25) is 0 Å². The maximum atomic E-state index is 12.6. The number of unbranched alkanes of at least 4 members (excludes halogenated alkanes) is 1. The van der Waals surface area contributed by atoms with E-state index >= 15 is 0 Å². The van der Waals surface area contributed by atoms with E-state index < -0.39 is 24.3 Å². The summed E-state index contributed by atoms with van der Waals surface area (Å²) in [5.41, 5.74) is 2.35. The highest BCUT2D eigenvalue weighted by molar-refractivity contribution is 5.94. The van der Waals surface area contributed by atoms with Crippen LogP contribution in [0.5, 0.6) is 0 Å². The van der Waals surface area contributed by atoms with Crippen molar-refractivity contribution in [1.29, 1.82) is 0 Å². The minimum atomic E-state index is -1.04. The molecule has 2 heterocycles. The van der Waals surface area contributed by atoms with E-state index in [-0.39, 0.29) is 18.4 Å². The van der Waals surface area contributed by atoms with Crippen molar-refractivity contribution >= 4 is 17.9 Å². The zero-order chi connectivity index (χ0) is 26.9. The number of nitrogens with one attached hydrogen (secondary N) is 2. The molecule has 2 aromatic rings. The molecule has 38 heavy (non-hydrogen) atoms. The molecule has 0 bridgehead atoms. The highest BCUT2D eigenvalue weighted by atomic mass is 16.3. The zero-order valence-electron chi connectivity index (χ0n) is 21.7. The van der Waals surface area contributed by atoms with E-state index in [1.807, 2.05) is 59.5 Å². The Kier molecular flexibility index (Phi) is 10.1. The van der Waals surface area contributed by atoms with Gasteiger partial charge in [-0.3, -0.25) is 9.59 Å². The van der Waals surface area contributed by atoms with Crippen LogP contribution in [0, 0.1) is 5.92 Å². The van der Waals surface area contributed by atoms with E-state index in [0.29, 0.717) is 12.5 Å². The molecule has 2 aromatic carbocycles. The highest BCUT2D eigenvalue weighted by Crippen LogP contribution is 2.28. The molecular formula is C30H39N3O5. The molecule has 0 spiro atoms. The first-order chi connectivity index (χ1) is 18.5. The molecular weight excluding hydrogens is 482 g/mol. The van der Waals surface area contributed by atoms with Gasteiger partial charge >= 0.3 is 0 Å². The lowest BCUT2D eigenvalue weighted by Gasteiger charge is -2.32. The zero-order valence-corrected chi connectivity index (χ0v) is 21.7. The van der Waals surface area contributed by atoms with E-state index in [0.717, 1.165) is 61.9 Å². The maximum absolute atomic E-state index is 12.6. The van der Waals surface area contributed by atoms with Gasteiger partial charge in [-0.1, -0.05) is 55.3 Å². The molecule has 5 N–H and O–H groups in total. The van der Waals surface area contributed by atoms with Crippen LogP contribution >= 0.6 is 0 Å². The van der Waals surface area contributed by atoms with Gasteiger partial charge in [-0.15, -0.1) is 0 Å². The number of benzene rings is 2. The molecule has 4 rings (SSSR count). The molecule has 2 aliphatic heterocycles. The first-order valence-corrected chi connectivity index (χ1v) is 13.6. The van der Waals surface area contributed by atoms with Gasteiger partial charge in [0, 0.05) is 31.3 Å². The first kappa shape index (κ1) is 28.0. The normalized spacial score (nSPS) is 24.1. The smallest absolute Gasteiger partial charge is 0.253 e. The number of piperidine rings is 1. The molecule has 2 amide bonds. The van der Waals surface area contributed by atoms with Crippen molar-refractivity contribution in [3.05, 3.63) is 77.4 Å². The molecule has 2 saturated heterocycles. The molecule has 8 heteroatoms.